The first-order chi connectivity index (χ1) is 8.63. The van der Waals surface area contributed by atoms with Gasteiger partial charge in [0, 0.05) is 25.3 Å². The normalized spacial score (nSPS) is 11.9. The molecule has 0 radical (unpaired) electrons. The van der Waals surface area contributed by atoms with Gasteiger partial charge in [-0.05, 0) is 43.3 Å². The van der Waals surface area contributed by atoms with Crippen molar-refractivity contribution in [2.75, 3.05) is 20.3 Å². The number of hydrogen-bond donors (Lipinski definition) is 2. The number of nitrogens with one attached hydrogen (secondary N) is 2. The summed E-state index contributed by atoms with van der Waals surface area (Å²) in [7, 11) is 1.69. The topological polar surface area (TPSA) is 33.3 Å². The maximum absolute atomic E-state index is 5.95. The molecule has 1 aromatic carbocycles. The second-order valence-electron chi connectivity index (χ2n) is 4.02. The fraction of sp³-hybridized carbons (Fsp3) is 0.462. The summed E-state index contributed by atoms with van der Waals surface area (Å²) in [6.07, 6.45) is 0.934. The molecule has 0 aliphatic carbocycles. The van der Waals surface area contributed by atoms with Crippen molar-refractivity contribution in [3.8, 4) is 0 Å². The predicted molar refractivity (Wildman–Crippen MR) is 80.1 cm³/mol. The maximum Gasteiger partial charge on any atom is 0.166 e. The summed E-state index contributed by atoms with van der Waals surface area (Å²) in [6, 6.07) is 7.89. The molecular weight excluding hydrogens is 268 g/mol. The van der Waals surface area contributed by atoms with Crippen molar-refractivity contribution in [1.82, 2.24) is 10.6 Å². The van der Waals surface area contributed by atoms with Crippen molar-refractivity contribution in [3.05, 3.63) is 34.9 Å². The molecule has 3 nitrogen and oxygen atoms in total. The van der Waals surface area contributed by atoms with Crippen molar-refractivity contribution in [3.63, 3.8) is 0 Å². The Balaban J connectivity index is 2.35. The van der Waals surface area contributed by atoms with Crippen molar-refractivity contribution in [1.29, 1.82) is 0 Å². The molecule has 1 rings (SSSR count). The Bertz CT molecular complexity index is 387. The summed E-state index contributed by atoms with van der Waals surface area (Å²) in [5.41, 5.74) is 1.11. The van der Waals surface area contributed by atoms with Crippen LogP contribution in [-0.4, -0.2) is 25.4 Å². The smallest absolute Gasteiger partial charge is 0.166 e. The van der Waals surface area contributed by atoms with E-state index in [0.29, 0.717) is 5.11 Å². The van der Waals surface area contributed by atoms with Gasteiger partial charge in [0.15, 0.2) is 5.11 Å². The van der Waals surface area contributed by atoms with E-state index >= 15 is 0 Å². The van der Waals surface area contributed by atoms with Crippen LogP contribution in [0.25, 0.3) is 0 Å². The van der Waals surface area contributed by atoms with Crippen LogP contribution in [0.15, 0.2) is 24.3 Å². The molecule has 0 aliphatic rings. The third-order valence-corrected chi connectivity index (χ3v) is 3.00. The number of methoxy groups -OCH3 is 1. The van der Waals surface area contributed by atoms with Crippen LogP contribution in [0.2, 0.25) is 5.02 Å². The Morgan fingerprint density at radius 2 is 2.28 bits per heavy atom. The largest absolute Gasteiger partial charge is 0.385 e. The number of benzene rings is 1. The molecule has 1 aromatic rings. The molecule has 0 heterocycles. The summed E-state index contributed by atoms with van der Waals surface area (Å²) in [5.74, 6) is 0. The van der Waals surface area contributed by atoms with Gasteiger partial charge in [0.2, 0.25) is 0 Å². The lowest BCUT2D eigenvalue weighted by Crippen LogP contribution is -2.37. The standard InChI is InChI=1S/C13H19ClN2OS/c1-10(11-5-3-6-12(14)9-11)16-13(18)15-7-4-8-17-2/h3,5-6,9-10H,4,7-8H2,1-2H3,(H2,15,16,18). The Hall–Kier alpha value is -0.840. The molecule has 0 saturated heterocycles. The number of rotatable bonds is 6. The van der Waals surface area contributed by atoms with Crippen molar-refractivity contribution in [2.45, 2.75) is 19.4 Å². The van der Waals surface area contributed by atoms with Gasteiger partial charge in [-0.25, -0.2) is 0 Å². The zero-order chi connectivity index (χ0) is 13.4. The first-order valence-corrected chi connectivity index (χ1v) is 6.71. The third kappa shape index (κ3) is 5.67. The van der Waals surface area contributed by atoms with Crippen molar-refractivity contribution in [2.24, 2.45) is 0 Å². The molecule has 0 saturated carbocycles. The van der Waals surface area contributed by atoms with E-state index in [1.54, 1.807) is 7.11 Å². The average molecular weight is 287 g/mol. The number of ether oxygens (including phenoxy) is 1. The van der Waals surface area contributed by atoms with Gasteiger partial charge in [-0.2, -0.15) is 0 Å². The second kappa shape index (κ2) is 8.29. The average Bonchev–Trinajstić information content (AvgIpc) is 2.34. The van der Waals surface area contributed by atoms with Crippen LogP contribution in [0.4, 0.5) is 0 Å². The van der Waals surface area contributed by atoms with Crippen LogP contribution < -0.4 is 10.6 Å². The molecule has 18 heavy (non-hydrogen) atoms. The minimum absolute atomic E-state index is 0.131. The van der Waals surface area contributed by atoms with E-state index in [4.69, 9.17) is 28.6 Å². The molecule has 5 heteroatoms. The van der Waals surface area contributed by atoms with E-state index < -0.39 is 0 Å². The van der Waals surface area contributed by atoms with Gasteiger partial charge >= 0.3 is 0 Å². The summed E-state index contributed by atoms with van der Waals surface area (Å²) in [4.78, 5) is 0. The molecule has 0 aliphatic heterocycles. The minimum Gasteiger partial charge on any atom is -0.385 e. The predicted octanol–water partition coefficient (Wildman–Crippen LogP) is 2.90. The van der Waals surface area contributed by atoms with Gasteiger partial charge in [-0.1, -0.05) is 23.7 Å². The molecule has 2 N–H and O–H groups in total. The Morgan fingerprint density at radius 1 is 1.50 bits per heavy atom. The highest BCUT2D eigenvalue weighted by molar-refractivity contribution is 7.80. The Morgan fingerprint density at radius 3 is 2.94 bits per heavy atom. The number of hydrogen-bond acceptors (Lipinski definition) is 2. The van der Waals surface area contributed by atoms with Gasteiger partial charge in [0.05, 0.1) is 6.04 Å². The van der Waals surface area contributed by atoms with Gasteiger partial charge in [-0.3, -0.25) is 0 Å². The minimum atomic E-state index is 0.131. The molecule has 0 aromatic heterocycles. The van der Waals surface area contributed by atoms with Crippen LogP contribution in [0.3, 0.4) is 0 Å². The summed E-state index contributed by atoms with van der Waals surface area (Å²) >= 11 is 11.2. The molecular formula is C13H19ClN2OS. The highest BCUT2D eigenvalue weighted by Crippen LogP contribution is 2.16. The molecule has 100 valence electrons. The highest BCUT2D eigenvalue weighted by atomic mass is 35.5. The third-order valence-electron chi connectivity index (χ3n) is 2.51. The zero-order valence-electron chi connectivity index (χ0n) is 10.7. The van der Waals surface area contributed by atoms with E-state index in [1.165, 1.54) is 0 Å². The fourth-order valence-electron chi connectivity index (χ4n) is 1.53. The molecule has 1 unspecified atom stereocenters. The van der Waals surface area contributed by atoms with Crippen LogP contribution in [-0.2, 0) is 4.74 Å². The van der Waals surface area contributed by atoms with Gasteiger partial charge < -0.3 is 15.4 Å². The molecule has 0 bridgehead atoms. The fourth-order valence-corrected chi connectivity index (χ4v) is 2.00. The Labute approximate surface area is 119 Å². The van der Waals surface area contributed by atoms with Gasteiger partial charge in [0.1, 0.15) is 0 Å². The van der Waals surface area contributed by atoms with E-state index in [0.717, 1.165) is 30.2 Å². The molecule has 0 fully saturated rings. The lowest BCUT2D eigenvalue weighted by molar-refractivity contribution is 0.195. The van der Waals surface area contributed by atoms with Crippen LogP contribution >= 0.6 is 23.8 Å². The van der Waals surface area contributed by atoms with Crippen molar-refractivity contribution >= 4 is 28.9 Å². The first-order valence-electron chi connectivity index (χ1n) is 5.92. The molecule has 0 amide bonds. The zero-order valence-corrected chi connectivity index (χ0v) is 12.3. The number of halogens is 1. The van der Waals surface area contributed by atoms with Crippen LogP contribution in [0.5, 0.6) is 0 Å². The quantitative estimate of drug-likeness (QED) is 0.622. The van der Waals surface area contributed by atoms with Gasteiger partial charge in [0.25, 0.3) is 0 Å². The van der Waals surface area contributed by atoms with Gasteiger partial charge in [-0.15, -0.1) is 0 Å². The van der Waals surface area contributed by atoms with E-state index in [-0.39, 0.29) is 6.04 Å². The monoisotopic (exact) mass is 286 g/mol. The summed E-state index contributed by atoms with van der Waals surface area (Å²) < 4.78 is 4.97. The lowest BCUT2D eigenvalue weighted by Gasteiger charge is -2.17. The Kier molecular flexibility index (Phi) is 7.01. The van der Waals surface area contributed by atoms with Crippen LogP contribution in [0, 0.1) is 0 Å². The highest BCUT2D eigenvalue weighted by Gasteiger charge is 2.06. The maximum atomic E-state index is 5.95. The second-order valence-corrected chi connectivity index (χ2v) is 4.87. The lowest BCUT2D eigenvalue weighted by atomic mass is 10.1. The summed E-state index contributed by atoms with van der Waals surface area (Å²) in [5, 5.41) is 7.75. The van der Waals surface area contributed by atoms with Crippen molar-refractivity contribution < 1.29 is 4.74 Å². The van der Waals surface area contributed by atoms with E-state index in [2.05, 4.69) is 17.6 Å². The molecule has 0 spiro atoms. The number of thiocarbonyl (C=S) groups is 1. The first kappa shape index (κ1) is 15.2. The SMILES string of the molecule is COCCCNC(=S)NC(C)c1cccc(Cl)c1. The molecule has 1 atom stereocenters. The summed E-state index contributed by atoms with van der Waals surface area (Å²) in [6.45, 7) is 3.59. The van der Waals surface area contributed by atoms with Crippen LogP contribution in [0.1, 0.15) is 24.9 Å². The van der Waals surface area contributed by atoms with E-state index in [1.807, 2.05) is 24.3 Å². The van der Waals surface area contributed by atoms with E-state index in [9.17, 15) is 0 Å².